The SMILES string of the molecule is CC(c1cccc(Cl)c1)N(C)CC(O)COCc1ccco1. The molecule has 1 aromatic carbocycles. The van der Waals surface area contributed by atoms with Gasteiger partial charge in [0.15, 0.2) is 0 Å². The Kier molecular flexibility index (Phi) is 6.46. The molecule has 1 N–H and O–H groups in total. The summed E-state index contributed by atoms with van der Waals surface area (Å²) < 4.78 is 10.6. The van der Waals surface area contributed by atoms with E-state index in [4.69, 9.17) is 20.8 Å². The van der Waals surface area contributed by atoms with E-state index in [-0.39, 0.29) is 12.6 Å². The van der Waals surface area contributed by atoms with Gasteiger partial charge in [0.1, 0.15) is 12.4 Å². The summed E-state index contributed by atoms with van der Waals surface area (Å²) in [6, 6.07) is 11.6. The largest absolute Gasteiger partial charge is 0.467 e. The molecule has 5 heteroatoms. The van der Waals surface area contributed by atoms with Crippen molar-refractivity contribution in [2.45, 2.75) is 25.7 Å². The van der Waals surface area contributed by atoms with Crippen molar-refractivity contribution in [3.63, 3.8) is 0 Å². The average molecular weight is 324 g/mol. The molecule has 2 rings (SSSR count). The second kappa shape index (κ2) is 8.34. The van der Waals surface area contributed by atoms with E-state index in [0.717, 1.165) is 16.3 Å². The number of halogens is 1. The van der Waals surface area contributed by atoms with Gasteiger partial charge in [0.05, 0.1) is 19.0 Å². The summed E-state index contributed by atoms with van der Waals surface area (Å²) in [5, 5.41) is 10.8. The van der Waals surface area contributed by atoms with Gasteiger partial charge in [0.2, 0.25) is 0 Å². The summed E-state index contributed by atoms with van der Waals surface area (Å²) >= 11 is 6.02. The molecule has 0 saturated heterocycles. The molecule has 2 aromatic rings. The van der Waals surface area contributed by atoms with Crippen molar-refractivity contribution >= 4 is 11.6 Å². The van der Waals surface area contributed by atoms with Crippen molar-refractivity contribution < 1.29 is 14.3 Å². The Morgan fingerprint density at radius 2 is 2.14 bits per heavy atom. The Labute approximate surface area is 136 Å². The predicted molar refractivity (Wildman–Crippen MR) is 86.9 cm³/mol. The van der Waals surface area contributed by atoms with Gasteiger partial charge < -0.3 is 14.3 Å². The van der Waals surface area contributed by atoms with Crippen molar-refractivity contribution in [2.75, 3.05) is 20.2 Å². The molecule has 2 atom stereocenters. The molecule has 120 valence electrons. The highest BCUT2D eigenvalue weighted by Gasteiger charge is 2.16. The molecule has 0 spiro atoms. The van der Waals surface area contributed by atoms with Crippen molar-refractivity contribution in [3.8, 4) is 0 Å². The third-order valence-electron chi connectivity index (χ3n) is 3.63. The summed E-state index contributed by atoms with van der Waals surface area (Å²) in [5.74, 6) is 0.757. The lowest BCUT2D eigenvalue weighted by atomic mass is 10.1. The Morgan fingerprint density at radius 1 is 1.32 bits per heavy atom. The lowest BCUT2D eigenvalue weighted by Gasteiger charge is -2.27. The highest BCUT2D eigenvalue weighted by atomic mass is 35.5. The Hall–Kier alpha value is -1.33. The molecular formula is C17H22ClNO3. The van der Waals surface area contributed by atoms with Crippen LogP contribution in [0.25, 0.3) is 0 Å². The van der Waals surface area contributed by atoms with Gasteiger partial charge in [-0.3, -0.25) is 4.90 Å². The topological polar surface area (TPSA) is 45.8 Å². The van der Waals surface area contributed by atoms with Gasteiger partial charge in [-0.1, -0.05) is 23.7 Å². The molecule has 0 aliphatic heterocycles. The lowest BCUT2D eigenvalue weighted by Crippen LogP contribution is -2.34. The Morgan fingerprint density at radius 3 is 2.82 bits per heavy atom. The van der Waals surface area contributed by atoms with Crippen LogP contribution in [-0.4, -0.2) is 36.3 Å². The number of nitrogens with zero attached hydrogens (tertiary/aromatic N) is 1. The quantitative estimate of drug-likeness (QED) is 0.807. The van der Waals surface area contributed by atoms with Crippen LogP contribution in [0.5, 0.6) is 0 Å². The average Bonchev–Trinajstić information content (AvgIpc) is 2.99. The van der Waals surface area contributed by atoms with E-state index in [1.807, 2.05) is 43.4 Å². The summed E-state index contributed by atoms with van der Waals surface area (Å²) in [7, 11) is 1.97. The predicted octanol–water partition coefficient (Wildman–Crippen LogP) is 3.50. The number of hydrogen-bond acceptors (Lipinski definition) is 4. The zero-order valence-corrected chi connectivity index (χ0v) is 13.7. The van der Waals surface area contributed by atoms with Crippen molar-refractivity contribution in [2.24, 2.45) is 0 Å². The minimum absolute atomic E-state index is 0.165. The monoisotopic (exact) mass is 323 g/mol. The van der Waals surface area contributed by atoms with E-state index in [1.54, 1.807) is 6.26 Å². The first-order valence-corrected chi connectivity index (χ1v) is 7.68. The third kappa shape index (κ3) is 5.14. The minimum atomic E-state index is -0.554. The molecule has 0 bridgehead atoms. The third-order valence-corrected chi connectivity index (χ3v) is 3.86. The fraction of sp³-hybridized carbons (Fsp3) is 0.412. The number of furan rings is 1. The minimum Gasteiger partial charge on any atom is -0.467 e. The van der Waals surface area contributed by atoms with Crippen LogP contribution >= 0.6 is 11.6 Å². The Balaban J connectivity index is 1.76. The lowest BCUT2D eigenvalue weighted by molar-refractivity contribution is 0.00385. The van der Waals surface area contributed by atoms with Gasteiger partial charge >= 0.3 is 0 Å². The first-order valence-electron chi connectivity index (χ1n) is 7.30. The van der Waals surface area contributed by atoms with E-state index in [9.17, 15) is 5.11 Å². The molecule has 0 aliphatic rings. The smallest absolute Gasteiger partial charge is 0.129 e. The second-order valence-electron chi connectivity index (χ2n) is 5.42. The van der Waals surface area contributed by atoms with E-state index in [1.165, 1.54) is 0 Å². The molecule has 0 aliphatic carbocycles. The van der Waals surface area contributed by atoms with E-state index >= 15 is 0 Å². The van der Waals surface area contributed by atoms with Gasteiger partial charge in [-0.15, -0.1) is 0 Å². The molecule has 1 aromatic heterocycles. The molecule has 0 radical (unpaired) electrons. The normalized spacial score (nSPS) is 14.2. The zero-order chi connectivity index (χ0) is 15.9. The van der Waals surface area contributed by atoms with Gasteiger partial charge in [-0.05, 0) is 43.8 Å². The van der Waals surface area contributed by atoms with Crippen LogP contribution in [-0.2, 0) is 11.3 Å². The fourth-order valence-electron chi connectivity index (χ4n) is 2.25. The maximum absolute atomic E-state index is 10.1. The van der Waals surface area contributed by atoms with Crippen LogP contribution in [0, 0.1) is 0 Å². The maximum Gasteiger partial charge on any atom is 0.129 e. The van der Waals surface area contributed by atoms with Crippen LogP contribution in [0.15, 0.2) is 47.1 Å². The number of likely N-dealkylation sites (N-methyl/N-ethyl adjacent to an activating group) is 1. The van der Waals surface area contributed by atoms with E-state index < -0.39 is 6.10 Å². The number of aliphatic hydroxyl groups excluding tert-OH is 1. The maximum atomic E-state index is 10.1. The fourth-order valence-corrected chi connectivity index (χ4v) is 2.45. The molecule has 0 amide bonds. The second-order valence-corrected chi connectivity index (χ2v) is 5.86. The number of rotatable bonds is 8. The number of benzene rings is 1. The Bertz CT molecular complexity index is 559. The van der Waals surface area contributed by atoms with Crippen molar-refractivity contribution in [1.82, 2.24) is 4.90 Å². The molecular weight excluding hydrogens is 302 g/mol. The van der Waals surface area contributed by atoms with Gasteiger partial charge in [0, 0.05) is 17.6 Å². The summed E-state index contributed by atoms with van der Waals surface area (Å²) in [4.78, 5) is 2.08. The standard InChI is InChI=1S/C17H22ClNO3/c1-13(14-5-3-6-15(18)9-14)19(2)10-16(20)11-21-12-17-7-4-8-22-17/h3-9,13,16,20H,10-12H2,1-2H3. The summed E-state index contributed by atoms with van der Waals surface area (Å²) in [5.41, 5.74) is 1.12. The van der Waals surface area contributed by atoms with Crippen LogP contribution in [0.1, 0.15) is 24.3 Å². The van der Waals surface area contributed by atoms with Crippen LogP contribution in [0.3, 0.4) is 0 Å². The van der Waals surface area contributed by atoms with Crippen molar-refractivity contribution in [1.29, 1.82) is 0 Å². The highest BCUT2D eigenvalue weighted by molar-refractivity contribution is 6.30. The van der Waals surface area contributed by atoms with Crippen molar-refractivity contribution in [3.05, 3.63) is 59.0 Å². The number of aliphatic hydroxyl groups is 1. The summed E-state index contributed by atoms with van der Waals surface area (Å²) in [6.45, 7) is 3.25. The number of hydrogen-bond donors (Lipinski definition) is 1. The summed E-state index contributed by atoms with van der Waals surface area (Å²) in [6.07, 6.45) is 1.05. The van der Waals surface area contributed by atoms with Crippen LogP contribution in [0.4, 0.5) is 0 Å². The highest BCUT2D eigenvalue weighted by Crippen LogP contribution is 2.21. The van der Waals surface area contributed by atoms with Crippen LogP contribution in [0.2, 0.25) is 5.02 Å². The van der Waals surface area contributed by atoms with E-state index in [0.29, 0.717) is 13.2 Å². The molecule has 0 fully saturated rings. The van der Waals surface area contributed by atoms with Gasteiger partial charge in [-0.2, -0.15) is 0 Å². The van der Waals surface area contributed by atoms with E-state index in [2.05, 4.69) is 11.8 Å². The molecule has 0 saturated carbocycles. The first-order chi connectivity index (χ1) is 10.6. The zero-order valence-electron chi connectivity index (χ0n) is 12.9. The first kappa shape index (κ1) is 17.0. The van der Waals surface area contributed by atoms with Gasteiger partial charge in [0.25, 0.3) is 0 Å². The number of ether oxygens (including phenoxy) is 1. The van der Waals surface area contributed by atoms with Gasteiger partial charge in [-0.25, -0.2) is 0 Å². The molecule has 1 heterocycles. The molecule has 2 unspecified atom stereocenters. The molecule has 4 nitrogen and oxygen atoms in total. The van der Waals surface area contributed by atoms with Crippen LogP contribution < -0.4 is 0 Å². The molecule has 22 heavy (non-hydrogen) atoms.